The van der Waals surface area contributed by atoms with Crippen LogP contribution in [0.5, 0.6) is 0 Å². The maximum absolute atomic E-state index is 12.6. The third kappa shape index (κ3) is 2.81. The van der Waals surface area contributed by atoms with Gasteiger partial charge < -0.3 is 0 Å². The van der Waals surface area contributed by atoms with E-state index in [1.807, 2.05) is 13.0 Å². The maximum Gasteiger partial charge on any atom is 0.263 e. The van der Waals surface area contributed by atoms with E-state index in [4.69, 9.17) is 5.26 Å². The maximum atomic E-state index is 12.6. The highest BCUT2D eigenvalue weighted by molar-refractivity contribution is 7.92. The number of hydrogen-bond acceptors (Lipinski definition) is 5. The van der Waals surface area contributed by atoms with E-state index in [0.29, 0.717) is 11.3 Å². The summed E-state index contributed by atoms with van der Waals surface area (Å²) < 4.78 is 29.0. The fourth-order valence-corrected chi connectivity index (χ4v) is 3.37. The summed E-state index contributed by atoms with van der Waals surface area (Å²) >= 11 is 0. The van der Waals surface area contributed by atoms with Gasteiger partial charge >= 0.3 is 0 Å². The molecule has 0 bridgehead atoms. The van der Waals surface area contributed by atoms with Crippen molar-refractivity contribution in [3.63, 3.8) is 0 Å². The van der Waals surface area contributed by atoms with E-state index in [2.05, 4.69) is 14.8 Å². The average Bonchev–Trinajstić information content (AvgIpc) is 2.97. The summed E-state index contributed by atoms with van der Waals surface area (Å²) in [7, 11) is -3.77. The number of benzene rings is 1. The molecule has 3 aromatic rings. The van der Waals surface area contributed by atoms with Crippen LogP contribution in [-0.4, -0.2) is 23.0 Å². The van der Waals surface area contributed by atoms with Gasteiger partial charge in [-0.3, -0.25) is 4.72 Å². The van der Waals surface area contributed by atoms with Crippen molar-refractivity contribution in [3.05, 3.63) is 53.3 Å². The normalized spacial score (nSPS) is 11.4. The van der Waals surface area contributed by atoms with E-state index in [9.17, 15) is 8.42 Å². The van der Waals surface area contributed by atoms with Gasteiger partial charge in [0, 0.05) is 11.8 Å². The summed E-state index contributed by atoms with van der Waals surface area (Å²) in [6.07, 6.45) is 2.19. The molecule has 8 heteroatoms. The second-order valence-corrected chi connectivity index (χ2v) is 6.97. The number of nitrogens with one attached hydrogen (secondary N) is 1. The van der Waals surface area contributed by atoms with E-state index in [1.165, 1.54) is 10.7 Å². The minimum Gasteiger partial charge on any atom is -0.263 e. The molecule has 2 heterocycles. The molecule has 0 saturated heterocycles. The van der Waals surface area contributed by atoms with Crippen molar-refractivity contribution >= 4 is 21.5 Å². The third-order valence-corrected chi connectivity index (χ3v) is 4.97. The molecule has 3 rings (SSSR count). The van der Waals surface area contributed by atoms with Crippen molar-refractivity contribution < 1.29 is 8.42 Å². The standard InChI is InChI=1S/C16H15N5O2S/c1-3-12-4-6-14(7-5-12)24(22,23)20-15-8-11(2)19-16-13(9-17)10-18-21(15)16/h4-8,10,20H,3H2,1-2H3. The number of anilines is 1. The van der Waals surface area contributed by atoms with E-state index in [-0.39, 0.29) is 16.3 Å². The van der Waals surface area contributed by atoms with Crippen molar-refractivity contribution in [2.75, 3.05) is 4.72 Å². The molecule has 24 heavy (non-hydrogen) atoms. The predicted octanol–water partition coefficient (Wildman–Crippen LogP) is 2.27. The van der Waals surface area contributed by atoms with Crippen LogP contribution in [0.25, 0.3) is 5.65 Å². The molecule has 0 saturated carbocycles. The summed E-state index contributed by atoms with van der Waals surface area (Å²) in [5, 5.41) is 13.1. The molecule has 0 unspecified atom stereocenters. The average molecular weight is 341 g/mol. The van der Waals surface area contributed by atoms with Crippen LogP contribution < -0.4 is 4.72 Å². The van der Waals surface area contributed by atoms with Crippen molar-refractivity contribution in [2.24, 2.45) is 0 Å². The van der Waals surface area contributed by atoms with Crippen LogP contribution in [0, 0.1) is 18.3 Å². The SMILES string of the molecule is CCc1ccc(S(=O)(=O)Nc2cc(C)nc3c(C#N)cnn23)cc1. The fraction of sp³-hybridized carbons (Fsp3) is 0.188. The van der Waals surface area contributed by atoms with E-state index < -0.39 is 10.0 Å². The van der Waals surface area contributed by atoms with Crippen LogP contribution in [0.1, 0.15) is 23.7 Å². The first-order valence-corrected chi connectivity index (χ1v) is 8.80. The number of aryl methyl sites for hydroxylation is 2. The number of sulfonamides is 1. The zero-order valence-electron chi connectivity index (χ0n) is 13.2. The Balaban J connectivity index is 2.05. The van der Waals surface area contributed by atoms with E-state index in [0.717, 1.165) is 12.0 Å². The van der Waals surface area contributed by atoms with Crippen LogP contribution in [0.4, 0.5) is 5.82 Å². The summed E-state index contributed by atoms with van der Waals surface area (Å²) in [6.45, 7) is 3.73. The van der Waals surface area contributed by atoms with Crippen LogP contribution in [0.2, 0.25) is 0 Å². The predicted molar refractivity (Wildman–Crippen MR) is 89.1 cm³/mol. The third-order valence-electron chi connectivity index (χ3n) is 3.60. The van der Waals surface area contributed by atoms with Crippen LogP contribution in [-0.2, 0) is 16.4 Å². The minimum atomic E-state index is -3.77. The largest absolute Gasteiger partial charge is 0.263 e. The van der Waals surface area contributed by atoms with Gasteiger partial charge in [-0.25, -0.2) is 13.4 Å². The first kappa shape index (κ1) is 16.0. The molecule has 0 fully saturated rings. The molecule has 0 radical (unpaired) electrons. The van der Waals surface area contributed by atoms with Crippen LogP contribution in [0.3, 0.4) is 0 Å². The van der Waals surface area contributed by atoms with Crippen molar-refractivity contribution in [3.8, 4) is 6.07 Å². The summed E-state index contributed by atoms with van der Waals surface area (Å²) in [5.41, 5.74) is 2.24. The van der Waals surface area contributed by atoms with Gasteiger partial charge in [0.1, 0.15) is 17.5 Å². The quantitative estimate of drug-likeness (QED) is 0.784. The first-order valence-electron chi connectivity index (χ1n) is 7.32. The molecule has 0 amide bonds. The Hall–Kier alpha value is -2.92. The first-order chi connectivity index (χ1) is 11.4. The van der Waals surface area contributed by atoms with E-state index in [1.54, 1.807) is 37.3 Å². The number of aromatic nitrogens is 3. The van der Waals surface area contributed by atoms with Gasteiger partial charge in [0.15, 0.2) is 5.65 Å². The highest BCUT2D eigenvalue weighted by Crippen LogP contribution is 2.20. The lowest BCUT2D eigenvalue weighted by Gasteiger charge is -2.10. The Bertz CT molecular complexity index is 1050. The van der Waals surface area contributed by atoms with Gasteiger partial charge in [-0.15, -0.1) is 0 Å². The molecule has 0 spiro atoms. The number of fused-ring (bicyclic) bond motifs is 1. The van der Waals surface area contributed by atoms with Gasteiger partial charge in [-0.05, 0) is 31.0 Å². The molecule has 122 valence electrons. The Morgan fingerprint density at radius 2 is 2.00 bits per heavy atom. The number of nitriles is 1. The molecular formula is C16H15N5O2S. The molecule has 7 nitrogen and oxygen atoms in total. The van der Waals surface area contributed by atoms with Gasteiger partial charge in [0.2, 0.25) is 0 Å². The molecule has 0 aliphatic carbocycles. The second-order valence-electron chi connectivity index (χ2n) is 5.29. The Morgan fingerprint density at radius 3 is 2.62 bits per heavy atom. The zero-order chi connectivity index (χ0) is 17.3. The molecule has 0 atom stereocenters. The second kappa shape index (κ2) is 5.94. The molecule has 1 aromatic carbocycles. The Morgan fingerprint density at radius 1 is 1.29 bits per heavy atom. The Labute approximate surface area is 139 Å². The van der Waals surface area contributed by atoms with Crippen LogP contribution >= 0.6 is 0 Å². The van der Waals surface area contributed by atoms with Gasteiger partial charge in [0.25, 0.3) is 10.0 Å². The van der Waals surface area contributed by atoms with Crippen molar-refractivity contribution in [1.29, 1.82) is 5.26 Å². The lowest BCUT2D eigenvalue weighted by Crippen LogP contribution is -2.16. The number of rotatable bonds is 4. The molecule has 2 aromatic heterocycles. The van der Waals surface area contributed by atoms with Crippen molar-refractivity contribution in [1.82, 2.24) is 14.6 Å². The monoisotopic (exact) mass is 341 g/mol. The lowest BCUT2D eigenvalue weighted by molar-refractivity contribution is 0.600. The number of nitrogens with zero attached hydrogens (tertiary/aromatic N) is 4. The topological polar surface area (TPSA) is 100 Å². The highest BCUT2D eigenvalue weighted by atomic mass is 32.2. The van der Waals surface area contributed by atoms with Gasteiger partial charge in [0.05, 0.1) is 11.1 Å². The minimum absolute atomic E-state index is 0.162. The van der Waals surface area contributed by atoms with Gasteiger partial charge in [-0.1, -0.05) is 19.1 Å². The Kier molecular flexibility index (Phi) is 3.95. The molecule has 0 aliphatic heterocycles. The van der Waals surface area contributed by atoms with Crippen LogP contribution in [0.15, 0.2) is 41.4 Å². The van der Waals surface area contributed by atoms with Crippen molar-refractivity contribution in [2.45, 2.75) is 25.2 Å². The smallest absolute Gasteiger partial charge is 0.263 e. The lowest BCUT2D eigenvalue weighted by atomic mass is 10.2. The summed E-state index contributed by atoms with van der Waals surface area (Å²) in [4.78, 5) is 4.40. The zero-order valence-corrected chi connectivity index (χ0v) is 14.0. The highest BCUT2D eigenvalue weighted by Gasteiger charge is 2.18. The molecular weight excluding hydrogens is 326 g/mol. The summed E-state index contributed by atoms with van der Waals surface area (Å²) in [6, 6.07) is 10.3. The van der Waals surface area contributed by atoms with E-state index >= 15 is 0 Å². The summed E-state index contributed by atoms with van der Waals surface area (Å²) in [5.74, 6) is 0.235. The number of hydrogen-bond donors (Lipinski definition) is 1. The molecule has 1 N–H and O–H groups in total. The fourth-order valence-electron chi connectivity index (χ4n) is 2.34. The van der Waals surface area contributed by atoms with Gasteiger partial charge in [-0.2, -0.15) is 14.9 Å². The molecule has 0 aliphatic rings.